The molecule has 2 N–H and O–H groups in total. The zero-order chi connectivity index (χ0) is 13.2. The Labute approximate surface area is 110 Å². The fraction of sp³-hybridized carbons (Fsp3) is 0.182. The SMILES string of the molecule is CS(=O)(=O)Nc1cccc(Cc2cnc[nH]2)c1Cl. The van der Waals surface area contributed by atoms with Gasteiger partial charge in [0.15, 0.2) is 0 Å². The van der Waals surface area contributed by atoms with Gasteiger partial charge in [0.1, 0.15) is 0 Å². The lowest BCUT2D eigenvalue weighted by molar-refractivity contribution is 0.607. The standard InChI is InChI=1S/C11H12ClN3O2S/c1-18(16,17)15-10-4-2-3-8(11(10)12)5-9-6-13-7-14-9/h2-4,6-7,15H,5H2,1H3,(H,13,14). The highest BCUT2D eigenvalue weighted by Crippen LogP contribution is 2.27. The second-order valence-corrected chi connectivity index (χ2v) is 6.03. The predicted molar refractivity (Wildman–Crippen MR) is 71.3 cm³/mol. The number of aromatic nitrogens is 2. The molecule has 0 amide bonds. The van der Waals surface area contributed by atoms with E-state index >= 15 is 0 Å². The highest BCUT2D eigenvalue weighted by molar-refractivity contribution is 7.92. The first kappa shape index (κ1) is 12.9. The topological polar surface area (TPSA) is 74.8 Å². The van der Waals surface area contributed by atoms with E-state index in [0.717, 1.165) is 17.5 Å². The number of benzene rings is 1. The molecule has 0 spiro atoms. The number of hydrogen-bond donors (Lipinski definition) is 2. The first-order valence-electron chi connectivity index (χ1n) is 5.18. The number of sulfonamides is 1. The number of aromatic amines is 1. The highest BCUT2D eigenvalue weighted by Gasteiger charge is 2.10. The van der Waals surface area contributed by atoms with E-state index in [4.69, 9.17) is 11.6 Å². The second kappa shape index (κ2) is 4.99. The molecule has 7 heteroatoms. The van der Waals surface area contributed by atoms with Gasteiger partial charge in [0.2, 0.25) is 10.0 Å². The fourth-order valence-electron chi connectivity index (χ4n) is 1.58. The minimum absolute atomic E-state index is 0.385. The van der Waals surface area contributed by atoms with Gasteiger partial charge in [-0.15, -0.1) is 0 Å². The van der Waals surface area contributed by atoms with E-state index in [1.54, 1.807) is 24.7 Å². The van der Waals surface area contributed by atoms with Gasteiger partial charge in [0.25, 0.3) is 0 Å². The number of anilines is 1. The van der Waals surface area contributed by atoms with E-state index in [1.165, 1.54) is 0 Å². The van der Waals surface area contributed by atoms with Crippen molar-refractivity contribution >= 4 is 27.3 Å². The molecule has 0 radical (unpaired) electrons. The molecular formula is C11H12ClN3O2S. The Hall–Kier alpha value is -1.53. The van der Waals surface area contributed by atoms with Gasteiger partial charge in [0, 0.05) is 18.3 Å². The number of nitrogens with one attached hydrogen (secondary N) is 2. The summed E-state index contributed by atoms with van der Waals surface area (Å²) in [4.78, 5) is 6.89. The maximum Gasteiger partial charge on any atom is 0.229 e. The van der Waals surface area contributed by atoms with Crippen molar-refractivity contribution in [3.8, 4) is 0 Å². The number of imidazole rings is 1. The number of H-pyrrole nitrogens is 1. The Morgan fingerprint density at radius 2 is 2.22 bits per heavy atom. The summed E-state index contributed by atoms with van der Waals surface area (Å²) in [7, 11) is -3.33. The molecule has 0 aliphatic heterocycles. The van der Waals surface area contributed by atoms with E-state index in [-0.39, 0.29) is 0 Å². The summed E-state index contributed by atoms with van der Waals surface area (Å²) in [6.45, 7) is 0. The van der Waals surface area contributed by atoms with Gasteiger partial charge in [0.05, 0.1) is 23.3 Å². The van der Waals surface area contributed by atoms with Crippen LogP contribution in [0.5, 0.6) is 0 Å². The lowest BCUT2D eigenvalue weighted by Crippen LogP contribution is -2.10. The molecule has 1 aromatic carbocycles. The van der Waals surface area contributed by atoms with Gasteiger partial charge in [-0.05, 0) is 11.6 Å². The molecule has 0 atom stereocenters. The van der Waals surface area contributed by atoms with E-state index in [0.29, 0.717) is 17.1 Å². The zero-order valence-electron chi connectivity index (χ0n) is 9.64. The molecule has 0 fully saturated rings. The summed E-state index contributed by atoms with van der Waals surface area (Å²) in [6.07, 6.45) is 4.94. The van der Waals surface area contributed by atoms with Gasteiger partial charge in [-0.25, -0.2) is 13.4 Å². The van der Waals surface area contributed by atoms with Crippen molar-refractivity contribution in [2.75, 3.05) is 11.0 Å². The monoisotopic (exact) mass is 285 g/mol. The van der Waals surface area contributed by atoms with Crippen LogP contribution >= 0.6 is 11.6 Å². The summed E-state index contributed by atoms with van der Waals surface area (Å²) in [5.41, 5.74) is 2.12. The first-order valence-corrected chi connectivity index (χ1v) is 7.45. The van der Waals surface area contributed by atoms with E-state index in [1.807, 2.05) is 6.07 Å². The second-order valence-electron chi connectivity index (χ2n) is 3.91. The van der Waals surface area contributed by atoms with Gasteiger partial charge >= 0.3 is 0 Å². The van der Waals surface area contributed by atoms with Crippen LogP contribution in [0.25, 0.3) is 0 Å². The number of hydrogen-bond acceptors (Lipinski definition) is 3. The van der Waals surface area contributed by atoms with Gasteiger partial charge < -0.3 is 4.98 Å². The Kier molecular flexibility index (Phi) is 3.58. The Morgan fingerprint density at radius 3 is 2.83 bits per heavy atom. The number of nitrogens with zero attached hydrogens (tertiary/aromatic N) is 1. The van der Waals surface area contributed by atoms with Crippen molar-refractivity contribution in [3.05, 3.63) is 47.0 Å². The summed E-state index contributed by atoms with van der Waals surface area (Å²) in [6, 6.07) is 5.22. The highest BCUT2D eigenvalue weighted by atomic mass is 35.5. The van der Waals surface area contributed by atoms with Gasteiger partial charge in [-0.2, -0.15) is 0 Å². The lowest BCUT2D eigenvalue weighted by Gasteiger charge is -2.09. The Morgan fingerprint density at radius 1 is 1.44 bits per heavy atom. The van der Waals surface area contributed by atoms with Crippen LogP contribution in [-0.4, -0.2) is 24.6 Å². The van der Waals surface area contributed by atoms with Crippen LogP contribution in [0.15, 0.2) is 30.7 Å². The maximum atomic E-state index is 11.2. The van der Waals surface area contributed by atoms with Crippen molar-refractivity contribution in [2.24, 2.45) is 0 Å². The van der Waals surface area contributed by atoms with Crippen molar-refractivity contribution in [1.29, 1.82) is 0 Å². The van der Waals surface area contributed by atoms with Crippen LogP contribution < -0.4 is 4.72 Å². The molecule has 2 rings (SSSR count). The third kappa shape index (κ3) is 3.24. The average molecular weight is 286 g/mol. The summed E-state index contributed by atoms with van der Waals surface area (Å²) in [5, 5.41) is 0.400. The molecule has 2 aromatic rings. The normalized spacial score (nSPS) is 11.4. The molecule has 1 heterocycles. The molecule has 1 aromatic heterocycles. The minimum atomic E-state index is -3.33. The molecule has 0 saturated carbocycles. The molecular weight excluding hydrogens is 274 g/mol. The third-order valence-corrected chi connectivity index (χ3v) is 3.35. The molecule has 96 valence electrons. The molecule has 0 saturated heterocycles. The van der Waals surface area contributed by atoms with E-state index in [9.17, 15) is 8.42 Å². The van der Waals surface area contributed by atoms with E-state index in [2.05, 4.69) is 14.7 Å². The van der Waals surface area contributed by atoms with Crippen molar-refractivity contribution in [1.82, 2.24) is 9.97 Å². The zero-order valence-corrected chi connectivity index (χ0v) is 11.2. The molecule has 0 aliphatic carbocycles. The molecule has 0 unspecified atom stereocenters. The largest absolute Gasteiger partial charge is 0.348 e. The minimum Gasteiger partial charge on any atom is -0.348 e. The van der Waals surface area contributed by atoms with Crippen molar-refractivity contribution in [3.63, 3.8) is 0 Å². The quantitative estimate of drug-likeness (QED) is 0.902. The van der Waals surface area contributed by atoms with Crippen LogP contribution in [0.4, 0.5) is 5.69 Å². The van der Waals surface area contributed by atoms with E-state index < -0.39 is 10.0 Å². The summed E-state index contributed by atoms with van der Waals surface area (Å²) in [5.74, 6) is 0. The molecule has 18 heavy (non-hydrogen) atoms. The van der Waals surface area contributed by atoms with Gasteiger partial charge in [-0.3, -0.25) is 4.72 Å². The lowest BCUT2D eigenvalue weighted by atomic mass is 10.1. The summed E-state index contributed by atoms with van der Waals surface area (Å²) < 4.78 is 24.8. The first-order chi connectivity index (χ1) is 8.46. The maximum absolute atomic E-state index is 11.2. The third-order valence-electron chi connectivity index (χ3n) is 2.31. The van der Waals surface area contributed by atoms with Crippen LogP contribution in [0.2, 0.25) is 5.02 Å². The van der Waals surface area contributed by atoms with Crippen LogP contribution in [0, 0.1) is 0 Å². The van der Waals surface area contributed by atoms with Gasteiger partial charge in [-0.1, -0.05) is 23.7 Å². The molecule has 0 aliphatic rings. The smallest absolute Gasteiger partial charge is 0.229 e. The van der Waals surface area contributed by atoms with Crippen LogP contribution in [0.3, 0.4) is 0 Å². The Balaban J connectivity index is 2.30. The van der Waals surface area contributed by atoms with Crippen LogP contribution in [-0.2, 0) is 16.4 Å². The number of halogens is 1. The Bertz CT molecular complexity index is 638. The molecule has 0 bridgehead atoms. The number of rotatable bonds is 4. The van der Waals surface area contributed by atoms with Crippen molar-refractivity contribution < 1.29 is 8.42 Å². The predicted octanol–water partition coefficient (Wildman–Crippen LogP) is 2.03. The van der Waals surface area contributed by atoms with Crippen molar-refractivity contribution in [2.45, 2.75) is 6.42 Å². The van der Waals surface area contributed by atoms with Crippen LogP contribution in [0.1, 0.15) is 11.3 Å². The molecule has 5 nitrogen and oxygen atoms in total. The summed E-state index contributed by atoms with van der Waals surface area (Å²) >= 11 is 6.17. The average Bonchev–Trinajstić information content (AvgIpc) is 2.75. The fourth-order valence-corrected chi connectivity index (χ4v) is 2.45.